The van der Waals surface area contributed by atoms with Crippen LogP contribution in [0, 0.1) is 10.1 Å². The minimum Gasteiger partial charge on any atom is -0.497 e. The second-order valence-electron chi connectivity index (χ2n) is 9.35. The number of hydrogen-bond donors (Lipinski definition) is 0. The average Bonchev–Trinajstić information content (AvgIpc) is 3.08. The third-order valence-corrected chi connectivity index (χ3v) is 6.82. The zero-order valence-corrected chi connectivity index (χ0v) is 20.7. The maximum atomic E-state index is 11.3. The Hall–Kier alpha value is -4.45. The quantitative estimate of drug-likeness (QED) is 0.233. The summed E-state index contributed by atoms with van der Waals surface area (Å²) in [4.78, 5) is 11.0. The minimum absolute atomic E-state index is 0.105. The van der Waals surface area contributed by atoms with Gasteiger partial charge in [0.2, 0.25) is 5.69 Å². The van der Waals surface area contributed by atoms with Crippen LogP contribution in [0.4, 0.5) is 11.4 Å². The molecule has 3 aromatic rings. The summed E-state index contributed by atoms with van der Waals surface area (Å²) >= 11 is 0. The van der Waals surface area contributed by atoms with Crippen molar-refractivity contribution in [2.24, 2.45) is 0 Å². The van der Waals surface area contributed by atoms with Crippen LogP contribution in [-0.2, 0) is 5.41 Å². The summed E-state index contributed by atoms with van der Waals surface area (Å²) in [7, 11) is 3.64. The number of non-ortho nitro benzene ring substituents is 1. The highest BCUT2D eigenvalue weighted by atomic mass is 16.6. The van der Waals surface area contributed by atoms with Crippen LogP contribution < -0.4 is 9.47 Å². The van der Waals surface area contributed by atoms with Crippen molar-refractivity contribution in [2.45, 2.75) is 19.3 Å². The van der Waals surface area contributed by atoms with Gasteiger partial charge >= 0.3 is 0 Å². The molecule has 2 aliphatic heterocycles. The van der Waals surface area contributed by atoms with Crippen LogP contribution in [0.5, 0.6) is 11.5 Å². The van der Waals surface area contributed by atoms with E-state index in [4.69, 9.17) is 9.47 Å². The van der Waals surface area contributed by atoms with Gasteiger partial charge in [-0.1, -0.05) is 42.5 Å². The molecule has 0 atom stereocenters. The third-order valence-electron chi connectivity index (χ3n) is 6.82. The van der Waals surface area contributed by atoms with Crippen LogP contribution in [0.25, 0.3) is 11.3 Å². The van der Waals surface area contributed by atoms with Crippen LogP contribution in [-0.4, -0.2) is 29.4 Å². The number of benzene rings is 3. The molecular weight excluding hydrogens is 452 g/mol. The summed E-state index contributed by atoms with van der Waals surface area (Å²) < 4.78 is 13.8. The van der Waals surface area contributed by atoms with E-state index in [1.165, 1.54) is 0 Å². The number of hydrogen-bond acceptors (Lipinski definition) is 4. The van der Waals surface area contributed by atoms with E-state index in [1.54, 1.807) is 19.2 Å². The van der Waals surface area contributed by atoms with Gasteiger partial charge in [-0.3, -0.25) is 10.1 Å². The molecule has 3 aromatic carbocycles. The number of ether oxygens (including phenoxy) is 2. The molecule has 0 spiro atoms. The first kappa shape index (κ1) is 23.3. The van der Waals surface area contributed by atoms with Crippen LogP contribution in [0.2, 0.25) is 0 Å². The Labute approximate surface area is 210 Å². The van der Waals surface area contributed by atoms with Gasteiger partial charge in [-0.25, -0.2) is 0 Å². The number of nitro groups is 1. The Morgan fingerprint density at radius 2 is 1.83 bits per heavy atom. The molecule has 180 valence electrons. The lowest BCUT2D eigenvalue weighted by atomic mass is 9.81. The summed E-state index contributed by atoms with van der Waals surface area (Å²) in [6.45, 7) is 4.18. The Bertz CT molecular complexity index is 1490. The largest absolute Gasteiger partial charge is 0.497 e. The van der Waals surface area contributed by atoms with Gasteiger partial charge in [0.05, 0.1) is 17.4 Å². The Morgan fingerprint density at radius 1 is 1.06 bits per heavy atom. The molecule has 6 heteroatoms. The van der Waals surface area contributed by atoms with Crippen molar-refractivity contribution in [3.05, 3.63) is 118 Å². The number of allylic oxidation sites excluding steroid dienone is 5. The third kappa shape index (κ3) is 4.01. The average molecular weight is 480 g/mol. The van der Waals surface area contributed by atoms with Crippen molar-refractivity contribution in [2.75, 3.05) is 14.2 Å². The smallest absolute Gasteiger partial charge is 0.270 e. The molecular formula is C30H27N2O4+. The van der Waals surface area contributed by atoms with Gasteiger partial charge in [0.25, 0.3) is 5.69 Å². The summed E-state index contributed by atoms with van der Waals surface area (Å²) in [5.41, 5.74) is 5.64. The second kappa shape index (κ2) is 8.96. The van der Waals surface area contributed by atoms with Gasteiger partial charge in [0, 0.05) is 41.0 Å². The topological polar surface area (TPSA) is 64.6 Å². The van der Waals surface area contributed by atoms with Crippen molar-refractivity contribution < 1.29 is 19.0 Å². The first-order chi connectivity index (χ1) is 17.3. The zero-order chi connectivity index (χ0) is 25.4. The molecule has 0 unspecified atom stereocenters. The molecule has 6 nitrogen and oxygen atoms in total. The number of nitrogens with zero attached hydrogens (tertiary/aromatic N) is 2. The highest BCUT2D eigenvalue weighted by Crippen LogP contribution is 2.42. The molecule has 0 aliphatic carbocycles. The molecule has 0 radical (unpaired) electrons. The monoisotopic (exact) mass is 479 g/mol. The van der Waals surface area contributed by atoms with Crippen LogP contribution in [0.15, 0.2) is 91.0 Å². The SMILES string of the molecule is COc1ccc2c(c1)C(=CC=CC1=[N+](C)c3ccc([N+](=O)[O-])cc3C1(C)C)C=C(c1ccccc1)O2. The van der Waals surface area contributed by atoms with Gasteiger partial charge < -0.3 is 9.47 Å². The molecule has 0 aromatic heterocycles. The number of fused-ring (bicyclic) bond motifs is 2. The second-order valence-corrected chi connectivity index (χ2v) is 9.35. The first-order valence-electron chi connectivity index (χ1n) is 11.7. The fourth-order valence-electron chi connectivity index (χ4n) is 4.88. The molecule has 0 fully saturated rings. The Balaban J connectivity index is 1.54. The Kier molecular flexibility index (Phi) is 5.80. The number of methoxy groups -OCH3 is 1. The molecule has 5 rings (SSSR count). The predicted molar refractivity (Wildman–Crippen MR) is 142 cm³/mol. The lowest BCUT2D eigenvalue weighted by molar-refractivity contribution is -0.402. The first-order valence-corrected chi connectivity index (χ1v) is 11.7. The van der Waals surface area contributed by atoms with Crippen LogP contribution in [0.3, 0.4) is 0 Å². The molecule has 2 heterocycles. The van der Waals surface area contributed by atoms with Crippen LogP contribution in [0.1, 0.15) is 30.5 Å². The molecule has 36 heavy (non-hydrogen) atoms. The van der Waals surface area contributed by atoms with E-state index in [1.807, 2.05) is 73.8 Å². The summed E-state index contributed by atoms with van der Waals surface area (Å²) in [5.74, 6) is 2.30. The highest BCUT2D eigenvalue weighted by molar-refractivity contribution is 6.03. The van der Waals surface area contributed by atoms with Gasteiger partial charge in [-0.15, -0.1) is 0 Å². The highest BCUT2D eigenvalue weighted by Gasteiger charge is 2.43. The maximum absolute atomic E-state index is 11.3. The van der Waals surface area contributed by atoms with E-state index in [2.05, 4.69) is 30.6 Å². The number of rotatable bonds is 5. The minimum atomic E-state index is -0.382. The van der Waals surface area contributed by atoms with E-state index in [0.717, 1.165) is 50.9 Å². The summed E-state index contributed by atoms with van der Waals surface area (Å²) in [5, 5.41) is 11.3. The van der Waals surface area contributed by atoms with Gasteiger partial charge in [-0.2, -0.15) is 4.58 Å². The molecule has 0 saturated heterocycles. The van der Waals surface area contributed by atoms with E-state index < -0.39 is 0 Å². The van der Waals surface area contributed by atoms with Crippen molar-refractivity contribution in [1.82, 2.24) is 0 Å². The van der Waals surface area contributed by atoms with Crippen LogP contribution >= 0.6 is 0 Å². The molecule has 0 amide bonds. The fraction of sp³-hybridized carbons (Fsp3) is 0.167. The standard InChI is InChI=1S/C30H27N2O4/c1-30(2)25-18-22(32(33)34)13-15-26(25)31(3)29(30)12-8-11-21-17-28(20-9-6-5-7-10-20)36-27-16-14-23(35-4)19-24(21)27/h5-19H,1-4H3/q+1. The van der Waals surface area contributed by atoms with Gasteiger partial charge in [0.15, 0.2) is 5.71 Å². The molecule has 0 N–H and O–H groups in total. The van der Waals surface area contributed by atoms with Crippen molar-refractivity contribution >= 4 is 28.4 Å². The lowest BCUT2D eigenvalue weighted by Gasteiger charge is -2.21. The van der Waals surface area contributed by atoms with Crippen molar-refractivity contribution in [3.8, 4) is 11.5 Å². The van der Waals surface area contributed by atoms with E-state index in [-0.39, 0.29) is 16.0 Å². The Morgan fingerprint density at radius 3 is 2.56 bits per heavy atom. The maximum Gasteiger partial charge on any atom is 0.270 e. The normalized spacial score (nSPS) is 17.0. The predicted octanol–water partition coefficient (Wildman–Crippen LogP) is 6.68. The fourth-order valence-corrected chi connectivity index (χ4v) is 4.88. The zero-order valence-electron chi connectivity index (χ0n) is 20.7. The summed E-state index contributed by atoms with van der Waals surface area (Å²) in [6, 6.07) is 20.9. The van der Waals surface area contributed by atoms with E-state index in [9.17, 15) is 10.1 Å². The van der Waals surface area contributed by atoms with E-state index >= 15 is 0 Å². The van der Waals surface area contributed by atoms with Gasteiger partial charge in [-0.05, 0) is 43.7 Å². The number of nitro benzene ring substituents is 1. The van der Waals surface area contributed by atoms with Crippen molar-refractivity contribution in [1.29, 1.82) is 0 Å². The van der Waals surface area contributed by atoms with E-state index in [0.29, 0.717) is 0 Å². The molecule has 2 aliphatic rings. The van der Waals surface area contributed by atoms with Crippen molar-refractivity contribution in [3.63, 3.8) is 0 Å². The van der Waals surface area contributed by atoms with Gasteiger partial charge in [0.1, 0.15) is 24.3 Å². The summed E-state index contributed by atoms with van der Waals surface area (Å²) in [6.07, 6.45) is 8.20. The lowest BCUT2D eigenvalue weighted by Crippen LogP contribution is -2.26. The molecule has 0 saturated carbocycles. The molecule has 0 bridgehead atoms.